The van der Waals surface area contributed by atoms with Crippen LogP contribution in [0.5, 0.6) is 0 Å². The van der Waals surface area contributed by atoms with Crippen LogP contribution in [0.25, 0.3) is 10.7 Å². The number of carbonyl (C=O) groups is 1. The molecule has 8 heteroatoms. The maximum Gasteiger partial charge on any atom is 0.234 e. The van der Waals surface area contributed by atoms with Crippen LogP contribution in [0.1, 0.15) is 26.3 Å². The molecule has 6 nitrogen and oxygen atoms in total. The Bertz CT molecular complexity index is 897. The third kappa shape index (κ3) is 4.08. The van der Waals surface area contributed by atoms with Crippen LogP contribution >= 0.6 is 23.1 Å². The van der Waals surface area contributed by atoms with Gasteiger partial charge in [0.05, 0.1) is 10.6 Å². The van der Waals surface area contributed by atoms with Crippen LogP contribution in [0.3, 0.4) is 0 Å². The van der Waals surface area contributed by atoms with Gasteiger partial charge in [-0.25, -0.2) is 4.68 Å². The molecule has 2 heterocycles. The summed E-state index contributed by atoms with van der Waals surface area (Å²) in [6.45, 7) is 6.36. The summed E-state index contributed by atoms with van der Waals surface area (Å²) in [6, 6.07) is 11.7. The zero-order valence-corrected chi connectivity index (χ0v) is 16.5. The summed E-state index contributed by atoms with van der Waals surface area (Å²) >= 11 is 2.80. The number of anilines is 1. The van der Waals surface area contributed by atoms with E-state index in [1.54, 1.807) is 11.3 Å². The van der Waals surface area contributed by atoms with Gasteiger partial charge in [-0.1, -0.05) is 56.8 Å². The molecule has 3 rings (SSSR count). The first-order chi connectivity index (χ1) is 12.4. The molecule has 0 saturated heterocycles. The predicted molar refractivity (Wildman–Crippen MR) is 108 cm³/mol. The Labute approximate surface area is 160 Å². The largest absolute Gasteiger partial charge is 0.335 e. The fourth-order valence-corrected chi connectivity index (χ4v) is 3.87. The van der Waals surface area contributed by atoms with Gasteiger partial charge in [-0.3, -0.25) is 4.79 Å². The lowest BCUT2D eigenvalue weighted by Crippen LogP contribution is -2.20. The third-order valence-electron chi connectivity index (χ3n) is 3.75. The highest BCUT2D eigenvalue weighted by atomic mass is 32.2. The normalized spacial score (nSPS) is 11.5. The Hall–Kier alpha value is -2.32. The van der Waals surface area contributed by atoms with E-state index in [0.29, 0.717) is 11.0 Å². The van der Waals surface area contributed by atoms with Crippen molar-refractivity contribution in [1.82, 2.24) is 14.9 Å². The number of carbonyl (C=O) groups excluding carboxylic acids is 1. The number of rotatable bonds is 5. The van der Waals surface area contributed by atoms with Gasteiger partial charge in [0.1, 0.15) is 0 Å². The molecular formula is C18H21N5OS2. The SMILES string of the molecule is CC(C)(C)c1ccccc1NC(=O)CSc1nnc(-c2cccs2)n1N. The van der Waals surface area contributed by atoms with Crippen molar-refractivity contribution in [1.29, 1.82) is 0 Å². The van der Waals surface area contributed by atoms with Crippen LogP contribution in [0.4, 0.5) is 5.69 Å². The van der Waals surface area contributed by atoms with Crippen molar-refractivity contribution < 1.29 is 4.79 Å². The van der Waals surface area contributed by atoms with E-state index in [9.17, 15) is 4.79 Å². The standard InChI is InChI=1S/C18H21N5OS2/c1-18(2,3)12-7-4-5-8-13(12)20-15(24)11-26-17-22-21-16(23(17)19)14-9-6-10-25-14/h4-10H,11,19H2,1-3H3,(H,20,24). The fraction of sp³-hybridized carbons (Fsp3) is 0.278. The van der Waals surface area contributed by atoms with Crippen molar-refractivity contribution >= 4 is 34.7 Å². The number of nitrogens with zero attached hydrogens (tertiary/aromatic N) is 3. The molecule has 1 aromatic carbocycles. The van der Waals surface area contributed by atoms with Gasteiger partial charge in [-0.05, 0) is 28.5 Å². The van der Waals surface area contributed by atoms with Crippen molar-refractivity contribution in [3.8, 4) is 10.7 Å². The number of thiophene rings is 1. The summed E-state index contributed by atoms with van der Waals surface area (Å²) in [5.74, 6) is 6.76. The lowest BCUT2D eigenvalue weighted by atomic mass is 9.86. The minimum absolute atomic E-state index is 0.0515. The number of thioether (sulfide) groups is 1. The summed E-state index contributed by atoms with van der Waals surface area (Å²) in [4.78, 5) is 13.3. The van der Waals surface area contributed by atoms with E-state index in [-0.39, 0.29) is 17.1 Å². The van der Waals surface area contributed by atoms with Crippen LogP contribution in [-0.4, -0.2) is 26.5 Å². The number of benzene rings is 1. The van der Waals surface area contributed by atoms with E-state index in [1.165, 1.54) is 16.4 Å². The van der Waals surface area contributed by atoms with E-state index in [2.05, 4.69) is 36.3 Å². The Morgan fingerprint density at radius 1 is 1.23 bits per heavy atom. The number of para-hydroxylation sites is 1. The second-order valence-corrected chi connectivity index (χ2v) is 8.68. The molecule has 2 aromatic heterocycles. The number of nitrogens with two attached hydrogens (primary N) is 1. The van der Waals surface area contributed by atoms with Crippen molar-refractivity contribution in [2.24, 2.45) is 0 Å². The first kappa shape index (κ1) is 18.5. The van der Waals surface area contributed by atoms with Crippen LogP contribution in [0.15, 0.2) is 46.9 Å². The van der Waals surface area contributed by atoms with Crippen molar-refractivity contribution in [2.75, 3.05) is 16.9 Å². The zero-order valence-electron chi connectivity index (χ0n) is 14.9. The highest BCUT2D eigenvalue weighted by molar-refractivity contribution is 7.99. The fourth-order valence-electron chi connectivity index (χ4n) is 2.51. The smallest absolute Gasteiger partial charge is 0.234 e. The molecular weight excluding hydrogens is 366 g/mol. The molecule has 3 N–H and O–H groups in total. The van der Waals surface area contributed by atoms with Crippen LogP contribution in [-0.2, 0) is 10.2 Å². The van der Waals surface area contributed by atoms with Gasteiger partial charge < -0.3 is 11.2 Å². The second kappa shape index (κ2) is 7.51. The number of aromatic nitrogens is 3. The van der Waals surface area contributed by atoms with E-state index < -0.39 is 0 Å². The summed E-state index contributed by atoms with van der Waals surface area (Å²) in [5.41, 5.74) is 1.88. The molecule has 1 amide bonds. The first-order valence-electron chi connectivity index (χ1n) is 8.13. The summed E-state index contributed by atoms with van der Waals surface area (Å²) in [6.07, 6.45) is 0. The van der Waals surface area contributed by atoms with E-state index in [1.807, 2.05) is 41.8 Å². The molecule has 136 valence electrons. The highest BCUT2D eigenvalue weighted by Crippen LogP contribution is 2.30. The lowest BCUT2D eigenvalue weighted by Gasteiger charge is -2.22. The molecule has 0 unspecified atom stereocenters. The predicted octanol–water partition coefficient (Wildman–Crippen LogP) is 3.75. The molecule has 0 saturated carbocycles. The lowest BCUT2D eigenvalue weighted by molar-refractivity contribution is -0.113. The summed E-state index contributed by atoms with van der Waals surface area (Å²) in [5, 5.41) is 13.6. The summed E-state index contributed by atoms with van der Waals surface area (Å²) in [7, 11) is 0. The number of hydrogen-bond donors (Lipinski definition) is 2. The maximum atomic E-state index is 12.4. The molecule has 0 aliphatic carbocycles. The number of nitrogen functional groups attached to an aromatic ring is 1. The molecule has 0 radical (unpaired) electrons. The van der Waals surface area contributed by atoms with Crippen LogP contribution < -0.4 is 11.2 Å². The number of hydrogen-bond acceptors (Lipinski definition) is 6. The molecule has 0 spiro atoms. The van der Waals surface area contributed by atoms with Gasteiger partial charge in [0.25, 0.3) is 0 Å². The quantitative estimate of drug-likeness (QED) is 0.514. The molecule has 3 aromatic rings. The van der Waals surface area contributed by atoms with Gasteiger partial charge in [0, 0.05) is 5.69 Å². The van der Waals surface area contributed by atoms with E-state index >= 15 is 0 Å². The molecule has 0 aliphatic rings. The van der Waals surface area contributed by atoms with Gasteiger partial charge in [-0.15, -0.1) is 21.5 Å². The zero-order chi connectivity index (χ0) is 18.7. The topological polar surface area (TPSA) is 85.8 Å². The average Bonchev–Trinajstić information content (AvgIpc) is 3.22. The van der Waals surface area contributed by atoms with E-state index in [0.717, 1.165) is 16.1 Å². The number of nitrogens with one attached hydrogen (secondary N) is 1. The van der Waals surface area contributed by atoms with Crippen molar-refractivity contribution in [3.05, 3.63) is 47.3 Å². The van der Waals surface area contributed by atoms with Crippen LogP contribution in [0.2, 0.25) is 0 Å². The van der Waals surface area contributed by atoms with Crippen molar-refractivity contribution in [2.45, 2.75) is 31.3 Å². The molecule has 26 heavy (non-hydrogen) atoms. The van der Waals surface area contributed by atoms with Gasteiger partial charge in [0.15, 0.2) is 5.82 Å². The summed E-state index contributed by atoms with van der Waals surface area (Å²) < 4.78 is 1.42. The number of amides is 1. The Kier molecular flexibility index (Phi) is 5.33. The van der Waals surface area contributed by atoms with Gasteiger partial charge in [-0.2, -0.15) is 0 Å². The van der Waals surface area contributed by atoms with Crippen molar-refractivity contribution in [3.63, 3.8) is 0 Å². The minimum atomic E-state index is -0.104. The first-order valence-corrected chi connectivity index (χ1v) is 9.99. The minimum Gasteiger partial charge on any atom is -0.335 e. The molecule has 0 atom stereocenters. The Morgan fingerprint density at radius 2 is 2.00 bits per heavy atom. The van der Waals surface area contributed by atoms with Crippen LogP contribution in [0, 0.1) is 0 Å². The average molecular weight is 388 g/mol. The van der Waals surface area contributed by atoms with Gasteiger partial charge >= 0.3 is 0 Å². The second-order valence-electron chi connectivity index (χ2n) is 6.79. The Balaban J connectivity index is 1.66. The monoisotopic (exact) mass is 387 g/mol. The molecule has 0 fully saturated rings. The van der Waals surface area contributed by atoms with E-state index in [4.69, 9.17) is 5.84 Å². The Morgan fingerprint density at radius 3 is 2.69 bits per heavy atom. The molecule has 0 aliphatic heterocycles. The molecule has 0 bridgehead atoms. The van der Waals surface area contributed by atoms with Gasteiger partial charge in [0.2, 0.25) is 11.1 Å². The maximum absolute atomic E-state index is 12.4. The third-order valence-corrected chi connectivity index (χ3v) is 5.56. The highest BCUT2D eigenvalue weighted by Gasteiger charge is 2.19.